The second kappa shape index (κ2) is 6.21. The van der Waals surface area contributed by atoms with E-state index in [2.05, 4.69) is 4.98 Å². The number of nitro benzene ring substituents is 1. The molecule has 0 N–H and O–H groups in total. The number of nitrogens with zero attached hydrogens (tertiary/aromatic N) is 3. The summed E-state index contributed by atoms with van der Waals surface area (Å²) in [6.45, 7) is 0. The summed E-state index contributed by atoms with van der Waals surface area (Å²) in [5.74, 6) is -0.342. The van der Waals surface area contributed by atoms with Crippen LogP contribution in [0.5, 0.6) is 0 Å². The highest BCUT2D eigenvalue weighted by molar-refractivity contribution is 6.05. The molecule has 1 aromatic carbocycles. The monoisotopic (exact) mass is 279 g/mol. The van der Waals surface area contributed by atoms with Gasteiger partial charge in [0, 0.05) is 12.1 Å². The molecule has 2 aromatic rings. The van der Waals surface area contributed by atoms with Crippen LogP contribution in [0.2, 0.25) is 0 Å². The van der Waals surface area contributed by atoms with Gasteiger partial charge >= 0.3 is 0 Å². The van der Waals surface area contributed by atoms with Crippen LogP contribution < -0.4 is 0 Å². The van der Waals surface area contributed by atoms with Crippen LogP contribution in [-0.2, 0) is 0 Å². The number of hydrogen-bond donors (Lipinski definition) is 0. The summed E-state index contributed by atoms with van der Waals surface area (Å²) in [6.07, 6.45) is 2.84. The molecule has 0 atom stereocenters. The number of non-ortho nitro benzene ring substituents is 1. The first kappa shape index (κ1) is 14.1. The number of aromatic nitrogens is 1. The Kier molecular flexibility index (Phi) is 4.17. The highest BCUT2D eigenvalue weighted by Gasteiger charge is 2.05. The molecule has 102 valence electrons. The van der Waals surface area contributed by atoms with Gasteiger partial charge in [-0.2, -0.15) is 5.26 Å². The maximum Gasteiger partial charge on any atom is 0.269 e. The molecule has 6 heteroatoms. The van der Waals surface area contributed by atoms with Crippen LogP contribution >= 0.6 is 0 Å². The number of ketones is 1. The van der Waals surface area contributed by atoms with Gasteiger partial charge in [-0.15, -0.1) is 0 Å². The van der Waals surface area contributed by atoms with Crippen LogP contribution in [0, 0.1) is 21.4 Å². The Labute approximate surface area is 120 Å². The van der Waals surface area contributed by atoms with Gasteiger partial charge in [-0.3, -0.25) is 14.9 Å². The standard InChI is InChI=1S/C15H9N3O3/c16-10-12-2-1-3-14(17-12)15(19)9-6-11-4-7-13(8-5-11)18(20)21/h1-9H/b9-6+. The molecular weight excluding hydrogens is 270 g/mol. The van der Waals surface area contributed by atoms with E-state index in [0.717, 1.165) is 0 Å². The van der Waals surface area contributed by atoms with Gasteiger partial charge in [0.05, 0.1) is 4.92 Å². The van der Waals surface area contributed by atoms with Crippen molar-refractivity contribution in [3.8, 4) is 6.07 Å². The molecule has 0 fully saturated rings. The molecule has 1 aromatic heterocycles. The molecule has 6 nitrogen and oxygen atoms in total. The van der Waals surface area contributed by atoms with E-state index in [9.17, 15) is 14.9 Å². The van der Waals surface area contributed by atoms with Gasteiger partial charge in [-0.1, -0.05) is 12.1 Å². The zero-order valence-electron chi connectivity index (χ0n) is 10.8. The van der Waals surface area contributed by atoms with E-state index >= 15 is 0 Å². The third kappa shape index (κ3) is 3.58. The normalized spacial score (nSPS) is 10.2. The second-order valence-corrected chi connectivity index (χ2v) is 4.07. The largest absolute Gasteiger partial charge is 0.288 e. The van der Waals surface area contributed by atoms with Crippen molar-refractivity contribution in [1.29, 1.82) is 5.26 Å². The van der Waals surface area contributed by atoms with Crippen LogP contribution in [0.15, 0.2) is 48.5 Å². The van der Waals surface area contributed by atoms with Gasteiger partial charge in [-0.05, 0) is 35.9 Å². The van der Waals surface area contributed by atoms with Crippen LogP contribution in [-0.4, -0.2) is 15.7 Å². The Morgan fingerprint density at radius 3 is 2.57 bits per heavy atom. The lowest BCUT2D eigenvalue weighted by Crippen LogP contribution is -1.99. The summed E-state index contributed by atoms with van der Waals surface area (Å²) in [6, 6.07) is 12.3. The number of pyridine rings is 1. The summed E-state index contributed by atoms with van der Waals surface area (Å²) >= 11 is 0. The number of carbonyl (C=O) groups is 1. The number of carbonyl (C=O) groups excluding carboxylic acids is 1. The molecule has 0 radical (unpaired) electrons. The number of allylic oxidation sites excluding steroid dienone is 1. The average Bonchev–Trinajstić information content (AvgIpc) is 2.53. The Hall–Kier alpha value is -3.33. The fourth-order valence-electron chi connectivity index (χ4n) is 1.60. The summed E-state index contributed by atoms with van der Waals surface area (Å²) < 4.78 is 0. The molecule has 21 heavy (non-hydrogen) atoms. The first-order valence-corrected chi connectivity index (χ1v) is 5.94. The molecule has 0 saturated heterocycles. The summed E-state index contributed by atoms with van der Waals surface area (Å²) in [5, 5.41) is 19.2. The van der Waals surface area contributed by atoms with Gasteiger partial charge < -0.3 is 0 Å². The lowest BCUT2D eigenvalue weighted by Gasteiger charge is -1.96. The molecule has 2 rings (SSSR count). The lowest BCUT2D eigenvalue weighted by atomic mass is 10.1. The topological polar surface area (TPSA) is 96.9 Å². The van der Waals surface area contributed by atoms with E-state index in [0.29, 0.717) is 5.56 Å². The molecule has 0 saturated carbocycles. The van der Waals surface area contributed by atoms with Crippen molar-refractivity contribution in [1.82, 2.24) is 4.98 Å². The van der Waals surface area contributed by atoms with E-state index < -0.39 is 4.92 Å². The summed E-state index contributed by atoms with van der Waals surface area (Å²) in [5.41, 5.74) is 0.990. The summed E-state index contributed by atoms with van der Waals surface area (Å²) in [7, 11) is 0. The molecule has 0 spiro atoms. The molecule has 0 amide bonds. The number of nitro groups is 1. The van der Waals surface area contributed by atoms with Gasteiger partial charge in [-0.25, -0.2) is 4.98 Å². The minimum absolute atomic E-state index is 0.0122. The molecule has 0 aliphatic rings. The molecule has 0 bridgehead atoms. The van der Waals surface area contributed by atoms with E-state index in [4.69, 9.17) is 5.26 Å². The van der Waals surface area contributed by atoms with E-state index in [1.165, 1.54) is 36.4 Å². The maximum absolute atomic E-state index is 11.9. The van der Waals surface area contributed by atoms with Crippen molar-refractivity contribution in [2.24, 2.45) is 0 Å². The highest BCUT2D eigenvalue weighted by atomic mass is 16.6. The van der Waals surface area contributed by atoms with Crippen molar-refractivity contribution in [2.45, 2.75) is 0 Å². The third-order valence-electron chi connectivity index (χ3n) is 2.65. The summed E-state index contributed by atoms with van der Waals surface area (Å²) in [4.78, 5) is 25.8. The second-order valence-electron chi connectivity index (χ2n) is 4.07. The maximum atomic E-state index is 11.9. The van der Waals surface area contributed by atoms with Gasteiger partial charge in [0.1, 0.15) is 17.5 Å². The zero-order valence-corrected chi connectivity index (χ0v) is 10.8. The highest BCUT2D eigenvalue weighted by Crippen LogP contribution is 2.13. The Morgan fingerprint density at radius 1 is 1.24 bits per heavy atom. The predicted octanol–water partition coefficient (Wildman–Crippen LogP) is 2.76. The van der Waals surface area contributed by atoms with Gasteiger partial charge in [0.15, 0.2) is 0 Å². The van der Waals surface area contributed by atoms with Crippen molar-refractivity contribution >= 4 is 17.5 Å². The fourth-order valence-corrected chi connectivity index (χ4v) is 1.60. The zero-order chi connectivity index (χ0) is 15.2. The van der Waals surface area contributed by atoms with Crippen LogP contribution in [0.1, 0.15) is 21.7 Å². The predicted molar refractivity (Wildman–Crippen MR) is 75.4 cm³/mol. The molecule has 1 heterocycles. The average molecular weight is 279 g/mol. The van der Waals surface area contributed by atoms with Gasteiger partial charge in [0.2, 0.25) is 5.78 Å². The first-order chi connectivity index (χ1) is 10.1. The SMILES string of the molecule is N#Cc1cccc(C(=O)/C=C/c2ccc([N+](=O)[O-])cc2)n1. The van der Waals surface area contributed by atoms with Crippen LogP contribution in [0.4, 0.5) is 5.69 Å². The number of rotatable bonds is 4. The smallest absolute Gasteiger partial charge is 0.269 e. The minimum atomic E-state index is -0.490. The first-order valence-electron chi connectivity index (χ1n) is 5.94. The van der Waals surface area contributed by atoms with Crippen molar-refractivity contribution in [3.63, 3.8) is 0 Å². The van der Waals surface area contributed by atoms with E-state index in [1.807, 2.05) is 6.07 Å². The van der Waals surface area contributed by atoms with E-state index in [1.54, 1.807) is 18.2 Å². The number of benzene rings is 1. The van der Waals surface area contributed by atoms with Crippen LogP contribution in [0.25, 0.3) is 6.08 Å². The number of hydrogen-bond acceptors (Lipinski definition) is 5. The minimum Gasteiger partial charge on any atom is -0.288 e. The van der Waals surface area contributed by atoms with Crippen LogP contribution in [0.3, 0.4) is 0 Å². The number of nitriles is 1. The lowest BCUT2D eigenvalue weighted by molar-refractivity contribution is -0.384. The van der Waals surface area contributed by atoms with Crippen molar-refractivity contribution in [2.75, 3.05) is 0 Å². The molecule has 0 unspecified atom stereocenters. The fraction of sp³-hybridized carbons (Fsp3) is 0. The Morgan fingerprint density at radius 2 is 1.95 bits per heavy atom. The van der Waals surface area contributed by atoms with Crippen molar-refractivity contribution in [3.05, 3.63) is 75.6 Å². The van der Waals surface area contributed by atoms with E-state index in [-0.39, 0.29) is 22.9 Å². The molecular formula is C15H9N3O3. The Balaban J connectivity index is 2.15. The molecule has 0 aliphatic carbocycles. The van der Waals surface area contributed by atoms with Crippen molar-refractivity contribution < 1.29 is 9.72 Å². The van der Waals surface area contributed by atoms with Gasteiger partial charge in [0.25, 0.3) is 5.69 Å². The molecule has 0 aliphatic heterocycles. The third-order valence-corrected chi connectivity index (χ3v) is 2.65. The quantitative estimate of drug-likeness (QED) is 0.371. The Bertz CT molecular complexity index is 758.